The summed E-state index contributed by atoms with van der Waals surface area (Å²) in [6, 6.07) is 8.72. The van der Waals surface area contributed by atoms with Gasteiger partial charge in [-0.3, -0.25) is 14.4 Å². The van der Waals surface area contributed by atoms with Gasteiger partial charge >= 0.3 is 6.18 Å². The molecule has 0 aliphatic carbocycles. The number of halogens is 3. The van der Waals surface area contributed by atoms with Gasteiger partial charge in [0.05, 0.1) is 16.8 Å². The molecule has 152 valence electrons. The summed E-state index contributed by atoms with van der Waals surface area (Å²) in [6.45, 7) is 7.82. The van der Waals surface area contributed by atoms with E-state index in [4.69, 9.17) is 0 Å². The first-order valence-electron chi connectivity index (χ1n) is 9.53. The number of aryl methyl sites for hydroxylation is 1. The van der Waals surface area contributed by atoms with Gasteiger partial charge in [0, 0.05) is 23.4 Å². The molecule has 1 aromatic heterocycles. The maximum atomic E-state index is 13.4. The van der Waals surface area contributed by atoms with Crippen molar-refractivity contribution in [1.82, 2.24) is 4.57 Å². The monoisotopic (exact) mass is 400 g/mol. The molecule has 3 nitrogen and oxygen atoms in total. The predicted molar refractivity (Wildman–Crippen MR) is 110 cm³/mol. The summed E-state index contributed by atoms with van der Waals surface area (Å²) in [5, 5.41) is 0.377. The molecule has 2 aromatic carbocycles. The third-order valence-corrected chi connectivity index (χ3v) is 5.25. The summed E-state index contributed by atoms with van der Waals surface area (Å²) >= 11 is 0. The second kappa shape index (κ2) is 7.85. The molecule has 0 amide bonds. The van der Waals surface area contributed by atoms with Crippen LogP contribution in [0.3, 0.4) is 0 Å². The number of aliphatic imine (C=N–C) groups is 1. The normalized spacial score (nSPS) is 13.3. The second-order valence-electron chi connectivity index (χ2n) is 7.18. The van der Waals surface area contributed by atoms with E-state index in [9.17, 15) is 18.0 Å². The van der Waals surface area contributed by atoms with E-state index >= 15 is 0 Å². The van der Waals surface area contributed by atoms with Gasteiger partial charge in [0.15, 0.2) is 0 Å². The Labute approximate surface area is 167 Å². The molecule has 6 heteroatoms. The van der Waals surface area contributed by atoms with Crippen LogP contribution in [0, 0.1) is 6.92 Å². The first kappa shape index (κ1) is 20.8. The van der Waals surface area contributed by atoms with Gasteiger partial charge in [-0.15, -0.1) is 0 Å². The number of hydrogen-bond acceptors (Lipinski definition) is 2. The zero-order chi connectivity index (χ0) is 21.3. The van der Waals surface area contributed by atoms with Gasteiger partial charge in [0.2, 0.25) is 0 Å². The van der Waals surface area contributed by atoms with E-state index < -0.39 is 11.7 Å². The van der Waals surface area contributed by atoms with E-state index in [0.29, 0.717) is 16.5 Å². The van der Waals surface area contributed by atoms with Crippen LogP contribution in [0.15, 0.2) is 47.6 Å². The molecule has 3 aromatic rings. The first-order valence-corrected chi connectivity index (χ1v) is 9.53. The molecule has 0 bridgehead atoms. The van der Waals surface area contributed by atoms with Gasteiger partial charge in [-0.25, -0.2) is 0 Å². The lowest BCUT2D eigenvalue weighted by Gasteiger charge is -2.17. The fourth-order valence-electron chi connectivity index (χ4n) is 3.43. The Bertz CT molecular complexity index is 1090. The van der Waals surface area contributed by atoms with Crippen LogP contribution in [0.25, 0.3) is 10.9 Å². The minimum Gasteiger partial charge on any atom is -0.283 e. The van der Waals surface area contributed by atoms with Gasteiger partial charge in [-0.05, 0) is 73.7 Å². The fourth-order valence-corrected chi connectivity index (χ4v) is 3.43. The number of alkyl halides is 3. The zero-order valence-corrected chi connectivity index (χ0v) is 16.8. The maximum absolute atomic E-state index is 13.4. The van der Waals surface area contributed by atoms with Crippen LogP contribution in [0.2, 0.25) is 0 Å². The highest BCUT2D eigenvalue weighted by atomic mass is 19.4. The first-order chi connectivity index (χ1) is 13.7. The Morgan fingerprint density at radius 3 is 2.55 bits per heavy atom. The average Bonchev–Trinajstić information content (AvgIpc) is 3.10. The molecule has 0 aliphatic rings. The number of carbonyl (C=O) groups is 1. The fraction of sp³-hybridized carbons (Fsp3) is 0.304. The number of fused-ring (bicyclic) bond motifs is 1. The number of carbonyl (C=O) groups excluding carboxylic acids is 1. The van der Waals surface area contributed by atoms with Crippen molar-refractivity contribution < 1.29 is 18.0 Å². The van der Waals surface area contributed by atoms with Crippen molar-refractivity contribution in [2.45, 2.75) is 46.2 Å². The van der Waals surface area contributed by atoms with Gasteiger partial charge in [0.1, 0.15) is 0 Å². The van der Waals surface area contributed by atoms with E-state index in [1.54, 1.807) is 6.21 Å². The van der Waals surface area contributed by atoms with Crippen molar-refractivity contribution in [3.8, 4) is 0 Å². The lowest BCUT2D eigenvalue weighted by Crippen LogP contribution is -2.15. The van der Waals surface area contributed by atoms with Crippen LogP contribution in [0.4, 0.5) is 18.9 Å². The SMILES string of the molecule is CC=Nc1cc(C(C)CC)c(C(=O)n2ccc3cc(C(F)(F)F)ccc32)cc1C. The van der Waals surface area contributed by atoms with E-state index in [0.717, 1.165) is 35.4 Å². The zero-order valence-electron chi connectivity index (χ0n) is 16.8. The van der Waals surface area contributed by atoms with Crippen molar-refractivity contribution >= 4 is 28.7 Å². The molecule has 1 atom stereocenters. The smallest absolute Gasteiger partial charge is 0.283 e. The molecule has 0 saturated carbocycles. The minimum absolute atomic E-state index is 0.138. The number of aromatic nitrogens is 1. The van der Waals surface area contributed by atoms with Crippen molar-refractivity contribution in [3.05, 3.63) is 64.8 Å². The molecule has 0 radical (unpaired) electrons. The van der Waals surface area contributed by atoms with Crippen LogP contribution >= 0.6 is 0 Å². The summed E-state index contributed by atoms with van der Waals surface area (Å²) in [7, 11) is 0. The maximum Gasteiger partial charge on any atom is 0.416 e. The molecule has 0 saturated heterocycles. The average molecular weight is 400 g/mol. The Kier molecular flexibility index (Phi) is 5.64. The minimum atomic E-state index is -4.42. The molecule has 0 aliphatic heterocycles. The highest BCUT2D eigenvalue weighted by Crippen LogP contribution is 2.34. The second-order valence-corrected chi connectivity index (χ2v) is 7.18. The topological polar surface area (TPSA) is 34.4 Å². The number of hydrogen-bond donors (Lipinski definition) is 0. The largest absolute Gasteiger partial charge is 0.416 e. The summed E-state index contributed by atoms with van der Waals surface area (Å²) in [6.07, 6.45) is -0.334. The molecule has 0 N–H and O–H groups in total. The Balaban J connectivity index is 2.14. The van der Waals surface area contributed by atoms with E-state index in [1.165, 1.54) is 22.9 Å². The number of rotatable bonds is 4. The number of benzene rings is 2. The molecular weight excluding hydrogens is 377 g/mol. The van der Waals surface area contributed by atoms with E-state index in [-0.39, 0.29) is 11.8 Å². The van der Waals surface area contributed by atoms with Crippen LogP contribution in [0.5, 0.6) is 0 Å². The van der Waals surface area contributed by atoms with Gasteiger partial charge in [-0.1, -0.05) is 13.8 Å². The van der Waals surface area contributed by atoms with Gasteiger partial charge in [0.25, 0.3) is 5.91 Å². The molecule has 0 spiro atoms. The Morgan fingerprint density at radius 1 is 1.21 bits per heavy atom. The molecule has 1 heterocycles. The molecule has 0 fully saturated rings. The van der Waals surface area contributed by atoms with E-state index in [2.05, 4.69) is 4.99 Å². The molecular formula is C23H23F3N2O. The highest BCUT2D eigenvalue weighted by molar-refractivity contribution is 6.03. The summed E-state index contributed by atoms with van der Waals surface area (Å²) in [5.74, 6) is -0.121. The molecule has 29 heavy (non-hydrogen) atoms. The van der Waals surface area contributed by atoms with Crippen molar-refractivity contribution in [2.24, 2.45) is 4.99 Å². The van der Waals surface area contributed by atoms with Crippen molar-refractivity contribution in [2.75, 3.05) is 0 Å². The third kappa shape index (κ3) is 3.97. The quantitative estimate of drug-likeness (QED) is 0.439. The van der Waals surface area contributed by atoms with Crippen molar-refractivity contribution in [3.63, 3.8) is 0 Å². The lowest BCUT2D eigenvalue weighted by molar-refractivity contribution is -0.137. The summed E-state index contributed by atoms with van der Waals surface area (Å²) in [4.78, 5) is 17.7. The Morgan fingerprint density at radius 2 is 1.93 bits per heavy atom. The van der Waals surface area contributed by atoms with Crippen LogP contribution in [-0.2, 0) is 6.18 Å². The summed E-state index contributed by atoms with van der Waals surface area (Å²) in [5.41, 5.74) is 2.84. The van der Waals surface area contributed by atoms with Gasteiger partial charge < -0.3 is 0 Å². The highest BCUT2D eigenvalue weighted by Gasteiger charge is 2.31. The van der Waals surface area contributed by atoms with Crippen LogP contribution < -0.4 is 0 Å². The van der Waals surface area contributed by atoms with Crippen LogP contribution in [0.1, 0.15) is 60.2 Å². The third-order valence-electron chi connectivity index (χ3n) is 5.25. The van der Waals surface area contributed by atoms with E-state index in [1.807, 2.05) is 39.8 Å². The Hall–Kier alpha value is -2.89. The number of nitrogens with zero attached hydrogens (tertiary/aromatic N) is 2. The van der Waals surface area contributed by atoms with Crippen molar-refractivity contribution in [1.29, 1.82) is 0 Å². The molecule has 1 unspecified atom stereocenters. The van der Waals surface area contributed by atoms with Crippen LogP contribution in [-0.4, -0.2) is 16.7 Å². The summed E-state index contributed by atoms with van der Waals surface area (Å²) < 4.78 is 40.4. The predicted octanol–water partition coefficient (Wildman–Crippen LogP) is 6.89. The lowest BCUT2D eigenvalue weighted by atomic mass is 9.91. The van der Waals surface area contributed by atoms with Gasteiger partial charge in [-0.2, -0.15) is 13.2 Å². The molecule has 3 rings (SSSR count). The standard InChI is InChI=1S/C23H23F3N2O/c1-5-14(3)18-13-20(27-6-2)15(4)11-19(18)22(29)28-10-9-16-12-17(23(24,25)26)7-8-21(16)28/h6-14H,5H2,1-4H3.